The molecule has 0 saturated heterocycles. The van der Waals surface area contributed by atoms with Crippen LogP contribution in [0.4, 0.5) is 5.69 Å². The number of H-pyrrole nitrogens is 1. The number of halogens is 2. The second-order valence-corrected chi connectivity index (χ2v) is 7.04. The molecule has 0 aliphatic heterocycles. The molecule has 0 bridgehead atoms. The van der Waals surface area contributed by atoms with Gasteiger partial charge in [-0.05, 0) is 30.3 Å². The van der Waals surface area contributed by atoms with Crippen molar-refractivity contribution in [3.8, 4) is 0 Å². The summed E-state index contributed by atoms with van der Waals surface area (Å²) in [5.74, 6) is -0.426. The predicted molar refractivity (Wildman–Crippen MR) is 104 cm³/mol. The minimum atomic E-state index is -0.313. The predicted octanol–water partition coefficient (Wildman–Crippen LogP) is 4.68. The number of nitrogens with one attached hydrogen (secondary N) is 2. The molecule has 2 N–H and O–H groups in total. The third-order valence-corrected chi connectivity index (χ3v) is 4.90. The highest BCUT2D eigenvalue weighted by molar-refractivity contribution is 7.99. The van der Waals surface area contributed by atoms with Crippen LogP contribution in [0, 0.1) is 0 Å². The first-order valence-corrected chi connectivity index (χ1v) is 9.29. The van der Waals surface area contributed by atoms with Gasteiger partial charge in [0.2, 0.25) is 5.91 Å². The molecule has 1 heterocycles. The van der Waals surface area contributed by atoms with Crippen LogP contribution in [0.1, 0.15) is 15.9 Å². The summed E-state index contributed by atoms with van der Waals surface area (Å²) in [6, 6.07) is 11.5. The van der Waals surface area contributed by atoms with Crippen molar-refractivity contribution < 1.29 is 9.59 Å². The topological polar surface area (TPSA) is 74.8 Å². The molecule has 3 aromatic rings. The largest absolute Gasteiger partial charge is 0.340 e. The molecule has 2 aromatic carbocycles. The highest BCUT2D eigenvalue weighted by Crippen LogP contribution is 2.27. The number of imidazole rings is 1. The number of ketones is 1. The number of amides is 1. The van der Waals surface area contributed by atoms with Gasteiger partial charge in [-0.25, -0.2) is 4.98 Å². The minimum Gasteiger partial charge on any atom is -0.340 e. The summed E-state index contributed by atoms with van der Waals surface area (Å²) in [5.41, 5.74) is 1.00. The van der Waals surface area contributed by atoms with Crippen molar-refractivity contribution in [1.82, 2.24) is 9.97 Å². The molecule has 0 aliphatic carbocycles. The van der Waals surface area contributed by atoms with E-state index in [1.165, 1.54) is 17.8 Å². The molecular formula is C18H13Cl2N3O2S. The highest BCUT2D eigenvalue weighted by Gasteiger charge is 2.18. The monoisotopic (exact) mass is 405 g/mol. The van der Waals surface area contributed by atoms with Gasteiger partial charge in [-0.15, -0.1) is 0 Å². The SMILES string of the molecule is O=C(CSc1ncc[nH]1)Nc1ccc(Cl)cc1C(=O)c1ccccc1Cl. The first-order valence-electron chi connectivity index (χ1n) is 7.55. The summed E-state index contributed by atoms with van der Waals surface area (Å²) in [5, 5.41) is 4.12. The molecule has 132 valence electrons. The van der Waals surface area contributed by atoms with E-state index in [0.717, 1.165) is 0 Å². The second kappa shape index (κ2) is 8.40. The highest BCUT2D eigenvalue weighted by atomic mass is 35.5. The third kappa shape index (κ3) is 4.46. The zero-order chi connectivity index (χ0) is 18.5. The molecule has 8 heteroatoms. The lowest BCUT2D eigenvalue weighted by molar-refractivity contribution is -0.113. The van der Waals surface area contributed by atoms with Crippen LogP contribution in [0.3, 0.4) is 0 Å². The molecule has 0 atom stereocenters. The van der Waals surface area contributed by atoms with Crippen molar-refractivity contribution in [1.29, 1.82) is 0 Å². The normalized spacial score (nSPS) is 10.5. The molecule has 0 spiro atoms. The van der Waals surface area contributed by atoms with E-state index in [4.69, 9.17) is 23.2 Å². The van der Waals surface area contributed by atoms with Crippen LogP contribution in [0.15, 0.2) is 60.0 Å². The van der Waals surface area contributed by atoms with Crippen LogP contribution in [0.25, 0.3) is 0 Å². The molecule has 0 unspecified atom stereocenters. The molecule has 1 amide bonds. The average Bonchev–Trinajstić information content (AvgIpc) is 3.15. The molecule has 3 rings (SSSR count). The lowest BCUT2D eigenvalue weighted by Crippen LogP contribution is -2.17. The summed E-state index contributed by atoms with van der Waals surface area (Å²) >= 11 is 13.4. The van der Waals surface area contributed by atoms with Crippen molar-refractivity contribution in [2.45, 2.75) is 5.16 Å². The summed E-state index contributed by atoms with van der Waals surface area (Å²) in [7, 11) is 0. The Hall–Kier alpha value is -2.28. The Morgan fingerprint density at radius 3 is 2.65 bits per heavy atom. The van der Waals surface area contributed by atoms with Gasteiger partial charge in [0.05, 0.1) is 16.5 Å². The maximum atomic E-state index is 12.9. The Labute approximate surface area is 164 Å². The number of aromatic amines is 1. The summed E-state index contributed by atoms with van der Waals surface area (Å²) in [6.07, 6.45) is 3.29. The van der Waals surface area contributed by atoms with Gasteiger partial charge in [-0.3, -0.25) is 9.59 Å². The fourth-order valence-corrected chi connectivity index (χ4v) is 3.27. The molecule has 0 fully saturated rings. The van der Waals surface area contributed by atoms with Gasteiger partial charge in [-0.1, -0.05) is 47.1 Å². The number of nitrogens with zero attached hydrogens (tertiary/aromatic N) is 1. The van der Waals surface area contributed by atoms with Crippen LogP contribution in [-0.4, -0.2) is 27.4 Å². The van der Waals surface area contributed by atoms with Crippen LogP contribution in [0.5, 0.6) is 0 Å². The number of carbonyl (C=O) groups is 2. The van der Waals surface area contributed by atoms with Crippen LogP contribution in [-0.2, 0) is 4.79 Å². The number of aromatic nitrogens is 2. The van der Waals surface area contributed by atoms with E-state index in [-0.39, 0.29) is 23.0 Å². The van der Waals surface area contributed by atoms with E-state index in [0.29, 0.717) is 26.5 Å². The molecular weight excluding hydrogens is 393 g/mol. The quantitative estimate of drug-likeness (QED) is 0.461. The van der Waals surface area contributed by atoms with E-state index in [9.17, 15) is 9.59 Å². The summed E-state index contributed by atoms with van der Waals surface area (Å²) < 4.78 is 0. The fraction of sp³-hybridized carbons (Fsp3) is 0.0556. The van der Waals surface area contributed by atoms with E-state index in [1.807, 2.05) is 0 Å². The Morgan fingerprint density at radius 2 is 1.92 bits per heavy atom. The standard InChI is InChI=1S/C18H13Cl2N3O2S/c19-11-5-6-15(23-16(24)10-26-18-21-7-8-22-18)13(9-11)17(25)12-3-1-2-4-14(12)20/h1-9H,10H2,(H,21,22)(H,23,24). The van der Waals surface area contributed by atoms with Gasteiger partial charge >= 0.3 is 0 Å². The molecule has 0 aliphatic rings. The van der Waals surface area contributed by atoms with Crippen LogP contribution in [0.2, 0.25) is 10.0 Å². The smallest absolute Gasteiger partial charge is 0.234 e. The Bertz CT molecular complexity index is 945. The van der Waals surface area contributed by atoms with Crippen molar-refractivity contribution in [2.75, 3.05) is 11.1 Å². The van der Waals surface area contributed by atoms with Crippen LogP contribution < -0.4 is 5.32 Å². The van der Waals surface area contributed by atoms with Gasteiger partial charge in [0.15, 0.2) is 10.9 Å². The Balaban J connectivity index is 1.80. The Kier molecular flexibility index (Phi) is 5.98. The minimum absolute atomic E-state index is 0.149. The third-order valence-electron chi connectivity index (χ3n) is 3.43. The lowest BCUT2D eigenvalue weighted by Gasteiger charge is -2.11. The van der Waals surface area contributed by atoms with E-state index >= 15 is 0 Å². The second-order valence-electron chi connectivity index (χ2n) is 5.23. The van der Waals surface area contributed by atoms with Gasteiger partial charge in [0.1, 0.15) is 0 Å². The van der Waals surface area contributed by atoms with Crippen molar-refractivity contribution >= 4 is 52.3 Å². The average molecular weight is 406 g/mol. The first kappa shape index (κ1) is 18.5. The van der Waals surface area contributed by atoms with Gasteiger partial charge < -0.3 is 10.3 Å². The Morgan fingerprint density at radius 1 is 1.12 bits per heavy atom. The van der Waals surface area contributed by atoms with E-state index < -0.39 is 0 Å². The zero-order valence-electron chi connectivity index (χ0n) is 13.3. The summed E-state index contributed by atoms with van der Waals surface area (Å²) in [4.78, 5) is 32.0. The molecule has 1 aromatic heterocycles. The van der Waals surface area contributed by atoms with Gasteiger partial charge in [-0.2, -0.15) is 0 Å². The van der Waals surface area contributed by atoms with Crippen LogP contribution >= 0.6 is 35.0 Å². The number of benzene rings is 2. The van der Waals surface area contributed by atoms with Gasteiger partial charge in [0, 0.05) is 28.5 Å². The number of anilines is 1. The summed E-state index contributed by atoms with van der Waals surface area (Å²) in [6.45, 7) is 0. The number of carbonyl (C=O) groups excluding carboxylic acids is 2. The molecule has 0 radical (unpaired) electrons. The number of hydrogen-bond donors (Lipinski definition) is 2. The number of rotatable bonds is 6. The molecule has 26 heavy (non-hydrogen) atoms. The number of hydrogen-bond acceptors (Lipinski definition) is 4. The van der Waals surface area contributed by atoms with E-state index in [2.05, 4.69) is 15.3 Å². The first-order chi connectivity index (χ1) is 12.5. The lowest BCUT2D eigenvalue weighted by atomic mass is 10.0. The van der Waals surface area contributed by atoms with Gasteiger partial charge in [0.25, 0.3) is 0 Å². The maximum Gasteiger partial charge on any atom is 0.234 e. The van der Waals surface area contributed by atoms with E-state index in [1.54, 1.807) is 48.8 Å². The zero-order valence-corrected chi connectivity index (χ0v) is 15.7. The maximum absolute atomic E-state index is 12.9. The molecule has 0 saturated carbocycles. The molecule has 5 nitrogen and oxygen atoms in total. The number of thioether (sulfide) groups is 1. The van der Waals surface area contributed by atoms with Crippen molar-refractivity contribution in [2.24, 2.45) is 0 Å². The fourth-order valence-electron chi connectivity index (χ4n) is 2.25. The van der Waals surface area contributed by atoms with Crippen molar-refractivity contribution in [3.05, 3.63) is 76.0 Å². The van der Waals surface area contributed by atoms with Crippen molar-refractivity contribution in [3.63, 3.8) is 0 Å².